The zero-order valence-corrected chi connectivity index (χ0v) is 14.7. The molecule has 1 unspecified atom stereocenters. The van der Waals surface area contributed by atoms with Crippen molar-refractivity contribution in [2.45, 2.75) is 37.1 Å². The third kappa shape index (κ3) is 2.70. The van der Waals surface area contributed by atoms with E-state index in [1.807, 2.05) is 6.92 Å². The number of sulfonamides is 1. The van der Waals surface area contributed by atoms with Gasteiger partial charge in [0.1, 0.15) is 0 Å². The first-order chi connectivity index (χ1) is 9.48. The van der Waals surface area contributed by atoms with E-state index >= 15 is 0 Å². The van der Waals surface area contributed by atoms with Gasteiger partial charge in [-0.05, 0) is 61.3 Å². The first-order valence-electron chi connectivity index (χ1n) is 6.98. The smallest absolute Gasteiger partial charge is 0.244 e. The van der Waals surface area contributed by atoms with Crippen LogP contribution in [0.3, 0.4) is 0 Å². The fourth-order valence-corrected chi connectivity index (χ4v) is 7.04. The maximum atomic E-state index is 12.7. The van der Waals surface area contributed by atoms with Gasteiger partial charge in [-0.25, -0.2) is 8.42 Å². The van der Waals surface area contributed by atoms with Crippen LogP contribution >= 0.6 is 27.3 Å². The first kappa shape index (κ1) is 15.0. The number of halogens is 1. The predicted octanol–water partition coefficient (Wildman–Crippen LogP) is 2.68. The third-order valence-electron chi connectivity index (χ3n) is 4.24. The molecule has 1 aromatic heterocycles. The number of likely N-dealkylation sites (tertiary alicyclic amines) is 1. The highest BCUT2D eigenvalue weighted by Crippen LogP contribution is 2.33. The van der Waals surface area contributed by atoms with E-state index in [4.69, 9.17) is 0 Å². The van der Waals surface area contributed by atoms with Crippen molar-refractivity contribution in [2.75, 3.05) is 26.2 Å². The average Bonchev–Trinajstić information content (AvgIpc) is 3.07. The van der Waals surface area contributed by atoms with E-state index in [2.05, 4.69) is 20.8 Å². The van der Waals surface area contributed by atoms with Gasteiger partial charge in [-0.3, -0.25) is 4.90 Å². The number of hydrogen-bond acceptors (Lipinski definition) is 4. The molecular weight excluding hydrogens is 360 g/mol. The van der Waals surface area contributed by atoms with Crippen LogP contribution in [0.25, 0.3) is 0 Å². The van der Waals surface area contributed by atoms with Crippen molar-refractivity contribution >= 4 is 37.3 Å². The number of rotatable bonds is 3. The maximum Gasteiger partial charge on any atom is 0.244 e. The first-order valence-corrected chi connectivity index (χ1v) is 10.0. The molecular formula is C13H19BrN2O2S2. The van der Waals surface area contributed by atoms with Crippen molar-refractivity contribution in [1.29, 1.82) is 0 Å². The van der Waals surface area contributed by atoms with Gasteiger partial charge in [-0.15, -0.1) is 11.3 Å². The molecule has 0 amide bonds. The second-order valence-corrected chi connectivity index (χ2v) is 10.1. The van der Waals surface area contributed by atoms with Crippen molar-refractivity contribution in [3.8, 4) is 0 Å². The molecule has 1 atom stereocenters. The van der Waals surface area contributed by atoms with Gasteiger partial charge in [0.2, 0.25) is 10.0 Å². The van der Waals surface area contributed by atoms with Gasteiger partial charge < -0.3 is 0 Å². The Kier molecular flexibility index (Phi) is 4.25. The molecule has 2 aliphatic rings. The van der Waals surface area contributed by atoms with Crippen LogP contribution in [0.5, 0.6) is 0 Å². The van der Waals surface area contributed by atoms with Gasteiger partial charge >= 0.3 is 0 Å². The highest BCUT2D eigenvalue weighted by atomic mass is 79.9. The fraction of sp³-hybridized carbons (Fsp3) is 0.692. The molecule has 0 N–H and O–H groups in total. The lowest BCUT2D eigenvalue weighted by Crippen LogP contribution is -2.37. The molecule has 3 heterocycles. The van der Waals surface area contributed by atoms with Crippen molar-refractivity contribution in [3.63, 3.8) is 0 Å². The molecule has 0 saturated carbocycles. The van der Waals surface area contributed by atoms with Gasteiger partial charge in [0.15, 0.2) is 0 Å². The summed E-state index contributed by atoms with van der Waals surface area (Å²) in [6.07, 6.45) is 3.46. The second kappa shape index (κ2) is 5.68. The molecule has 7 heteroatoms. The molecule has 0 aliphatic carbocycles. The van der Waals surface area contributed by atoms with E-state index in [0.717, 1.165) is 28.2 Å². The van der Waals surface area contributed by atoms with Crippen molar-refractivity contribution in [1.82, 2.24) is 9.21 Å². The van der Waals surface area contributed by atoms with E-state index < -0.39 is 10.0 Å². The molecule has 0 bridgehead atoms. The molecule has 2 aliphatic heterocycles. The summed E-state index contributed by atoms with van der Waals surface area (Å²) in [5.41, 5.74) is 0. The van der Waals surface area contributed by atoms with Crippen LogP contribution in [0.4, 0.5) is 0 Å². The topological polar surface area (TPSA) is 40.6 Å². The molecule has 0 aromatic carbocycles. The summed E-state index contributed by atoms with van der Waals surface area (Å²) in [7, 11) is -3.32. The average molecular weight is 379 g/mol. The predicted molar refractivity (Wildman–Crippen MR) is 84.7 cm³/mol. The Hall–Kier alpha value is 0.0500. The lowest BCUT2D eigenvalue weighted by Gasteiger charge is -2.23. The number of thiophene rings is 1. The highest BCUT2D eigenvalue weighted by molar-refractivity contribution is 9.11. The third-order valence-corrected chi connectivity index (χ3v) is 7.92. The largest absolute Gasteiger partial charge is 0.299 e. The summed E-state index contributed by atoms with van der Waals surface area (Å²) >= 11 is 4.86. The van der Waals surface area contributed by atoms with Crippen LogP contribution in [0.1, 0.15) is 24.1 Å². The molecule has 2 fully saturated rings. The van der Waals surface area contributed by atoms with Gasteiger partial charge in [0, 0.05) is 24.0 Å². The molecule has 20 heavy (non-hydrogen) atoms. The van der Waals surface area contributed by atoms with Gasteiger partial charge in [0.25, 0.3) is 0 Å². The molecule has 0 spiro atoms. The Labute approximate surface area is 132 Å². The SMILES string of the molecule is Cc1sc(Br)cc1S(=O)(=O)N1CCC(N2CCCC2)C1. The Bertz CT molecular complexity index is 594. The van der Waals surface area contributed by atoms with Gasteiger partial charge in [-0.2, -0.15) is 4.31 Å². The summed E-state index contributed by atoms with van der Waals surface area (Å²) in [6.45, 7) is 5.42. The standard InChI is InChI=1S/C13H19BrN2O2S2/c1-10-12(8-13(14)19-10)20(17,18)16-7-4-11(9-16)15-5-2-3-6-15/h8,11H,2-7,9H2,1H3. The molecule has 1 aromatic rings. The van der Waals surface area contributed by atoms with Crippen LogP contribution in [0.2, 0.25) is 0 Å². The molecule has 3 rings (SSSR count). The lowest BCUT2D eigenvalue weighted by atomic mass is 10.2. The van der Waals surface area contributed by atoms with Crippen LogP contribution in [-0.4, -0.2) is 49.8 Å². The van der Waals surface area contributed by atoms with E-state index in [-0.39, 0.29) is 0 Å². The van der Waals surface area contributed by atoms with E-state index in [9.17, 15) is 8.42 Å². The summed E-state index contributed by atoms with van der Waals surface area (Å²) < 4.78 is 28.0. The summed E-state index contributed by atoms with van der Waals surface area (Å²) in [4.78, 5) is 3.78. The second-order valence-electron chi connectivity index (χ2n) is 5.52. The van der Waals surface area contributed by atoms with E-state index in [1.165, 1.54) is 24.2 Å². The zero-order chi connectivity index (χ0) is 14.3. The molecule has 4 nitrogen and oxygen atoms in total. The Morgan fingerprint density at radius 1 is 1.30 bits per heavy atom. The van der Waals surface area contributed by atoms with Crippen LogP contribution in [0, 0.1) is 6.92 Å². The normalized spacial score (nSPS) is 25.6. The number of aryl methyl sites for hydroxylation is 1. The van der Waals surface area contributed by atoms with Crippen LogP contribution < -0.4 is 0 Å². The minimum atomic E-state index is -3.32. The van der Waals surface area contributed by atoms with Crippen LogP contribution in [-0.2, 0) is 10.0 Å². The Morgan fingerprint density at radius 2 is 2.00 bits per heavy atom. The lowest BCUT2D eigenvalue weighted by molar-refractivity contribution is 0.251. The highest BCUT2D eigenvalue weighted by Gasteiger charge is 2.36. The number of nitrogens with zero attached hydrogens (tertiary/aromatic N) is 2. The monoisotopic (exact) mass is 378 g/mol. The number of hydrogen-bond donors (Lipinski definition) is 0. The zero-order valence-electron chi connectivity index (χ0n) is 11.5. The molecule has 0 radical (unpaired) electrons. The van der Waals surface area contributed by atoms with E-state index in [1.54, 1.807) is 10.4 Å². The van der Waals surface area contributed by atoms with Crippen molar-refractivity contribution in [3.05, 3.63) is 14.7 Å². The Morgan fingerprint density at radius 3 is 2.60 bits per heavy atom. The van der Waals surface area contributed by atoms with Crippen molar-refractivity contribution in [2.24, 2.45) is 0 Å². The fourth-order valence-electron chi connectivity index (χ4n) is 3.16. The summed E-state index contributed by atoms with van der Waals surface area (Å²) in [6, 6.07) is 2.15. The quantitative estimate of drug-likeness (QED) is 0.811. The van der Waals surface area contributed by atoms with Crippen LogP contribution in [0.15, 0.2) is 14.7 Å². The summed E-state index contributed by atoms with van der Waals surface area (Å²) in [5.74, 6) is 0. The van der Waals surface area contributed by atoms with Gasteiger partial charge in [0.05, 0.1) is 8.68 Å². The summed E-state index contributed by atoms with van der Waals surface area (Å²) in [5, 5.41) is 0. The van der Waals surface area contributed by atoms with E-state index in [0.29, 0.717) is 24.0 Å². The minimum absolute atomic E-state index is 0.412. The minimum Gasteiger partial charge on any atom is -0.299 e. The van der Waals surface area contributed by atoms with Gasteiger partial charge in [-0.1, -0.05) is 0 Å². The maximum absolute atomic E-state index is 12.7. The molecule has 2 saturated heterocycles. The Balaban J connectivity index is 1.77. The molecule has 112 valence electrons. The van der Waals surface area contributed by atoms with Crippen molar-refractivity contribution < 1.29 is 8.42 Å².